The van der Waals surface area contributed by atoms with E-state index in [9.17, 15) is 14.4 Å². The van der Waals surface area contributed by atoms with E-state index in [1.54, 1.807) is 48.0 Å². The van der Waals surface area contributed by atoms with Crippen molar-refractivity contribution in [3.63, 3.8) is 0 Å². The van der Waals surface area contributed by atoms with Gasteiger partial charge in [0, 0.05) is 18.3 Å². The summed E-state index contributed by atoms with van der Waals surface area (Å²) in [6, 6.07) is 9.73. The van der Waals surface area contributed by atoms with E-state index in [0.717, 1.165) is 6.42 Å². The van der Waals surface area contributed by atoms with E-state index < -0.39 is 11.9 Å². The molecule has 222 valence electrons. The summed E-state index contributed by atoms with van der Waals surface area (Å²) in [5.41, 5.74) is 0.611. The third-order valence-corrected chi connectivity index (χ3v) is 6.38. The summed E-state index contributed by atoms with van der Waals surface area (Å²) in [6.45, 7) is 10.7. The molecule has 1 amide bonds. The summed E-state index contributed by atoms with van der Waals surface area (Å²) in [6.07, 6.45) is 3.11. The molecule has 11 heteroatoms. The van der Waals surface area contributed by atoms with Crippen molar-refractivity contribution in [2.24, 2.45) is 4.99 Å². The summed E-state index contributed by atoms with van der Waals surface area (Å²) in [5.74, 6) is -0.274. The predicted octanol–water partition coefficient (Wildman–Crippen LogP) is 4.56. The van der Waals surface area contributed by atoms with Crippen LogP contribution in [0.3, 0.4) is 0 Å². The molecule has 0 bridgehead atoms. The highest BCUT2D eigenvalue weighted by molar-refractivity contribution is 5.98. The van der Waals surface area contributed by atoms with Crippen molar-refractivity contribution >= 4 is 28.6 Å². The Morgan fingerprint density at radius 3 is 2.21 bits per heavy atom. The van der Waals surface area contributed by atoms with Gasteiger partial charge in [-0.3, -0.25) is 14.0 Å². The second kappa shape index (κ2) is 13.8. The SMILES string of the molecule is CCCCn1c(=NC(=O)c2cc(OCC)c(OCC)c(OCC)c2)c(C(=O)OCC)cc2c(=O)n3ccccc3nc21. The number of rotatable bonds is 12. The van der Waals surface area contributed by atoms with Crippen LogP contribution >= 0.6 is 0 Å². The normalized spacial score (nSPS) is 11.6. The molecule has 3 heterocycles. The van der Waals surface area contributed by atoms with Gasteiger partial charge in [-0.05, 0) is 64.4 Å². The summed E-state index contributed by atoms with van der Waals surface area (Å²) >= 11 is 0. The highest BCUT2D eigenvalue weighted by Crippen LogP contribution is 2.39. The number of benzene rings is 1. The van der Waals surface area contributed by atoms with Crippen molar-refractivity contribution in [3.8, 4) is 17.2 Å². The molecule has 0 unspecified atom stereocenters. The number of fused-ring (bicyclic) bond motifs is 2. The van der Waals surface area contributed by atoms with Gasteiger partial charge in [0.05, 0.1) is 31.8 Å². The fourth-order valence-electron chi connectivity index (χ4n) is 4.56. The first-order valence-corrected chi connectivity index (χ1v) is 14.3. The number of esters is 1. The number of carbonyl (C=O) groups excluding carboxylic acids is 2. The number of hydrogen-bond donors (Lipinski definition) is 0. The molecule has 0 radical (unpaired) electrons. The zero-order chi connectivity index (χ0) is 30.2. The minimum absolute atomic E-state index is 0.00964. The molecule has 4 aromatic rings. The van der Waals surface area contributed by atoms with Crippen LogP contribution in [0.2, 0.25) is 0 Å². The molecule has 0 aliphatic rings. The first-order valence-electron chi connectivity index (χ1n) is 14.3. The minimum Gasteiger partial charge on any atom is -0.490 e. The van der Waals surface area contributed by atoms with E-state index in [0.29, 0.717) is 61.3 Å². The maximum Gasteiger partial charge on any atom is 0.341 e. The number of hydrogen-bond acceptors (Lipinski definition) is 8. The van der Waals surface area contributed by atoms with E-state index >= 15 is 0 Å². The van der Waals surface area contributed by atoms with Crippen LogP contribution in [0.5, 0.6) is 17.2 Å². The van der Waals surface area contributed by atoms with Crippen LogP contribution in [-0.4, -0.2) is 52.3 Å². The van der Waals surface area contributed by atoms with Gasteiger partial charge in [-0.15, -0.1) is 0 Å². The zero-order valence-corrected chi connectivity index (χ0v) is 24.6. The molecule has 0 aliphatic carbocycles. The number of unbranched alkanes of at least 4 members (excludes halogenated alkanes) is 1. The van der Waals surface area contributed by atoms with Gasteiger partial charge in [-0.2, -0.15) is 4.99 Å². The standard InChI is InChI=1S/C31H36N4O7/c1-6-11-15-35-27-21(30(37)34-16-13-12-14-25(34)32-27)19-22(31(38)42-10-5)28(35)33-29(36)20-17-23(39-7-2)26(41-9-4)24(18-20)40-8-3/h12-14,16-19H,6-11,15H2,1-5H3. The lowest BCUT2D eigenvalue weighted by Gasteiger charge is -2.17. The molecule has 0 saturated carbocycles. The number of amides is 1. The molecule has 0 atom stereocenters. The predicted molar refractivity (Wildman–Crippen MR) is 158 cm³/mol. The number of aryl methyl sites for hydroxylation is 1. The van der Waals surface area contributed by atoms with E-state index in [1.165, 1.54) is 10.5 Å². The number of nitrogens with zero attached hydrogens (tertiary/aromatic N) is 4. The Labute approximate surface area is 243 Å². The Morgan fingerprint density at radius 1 is 0.905 bits per heavy atom. The van der Waals surface area contributed by atoms with Crippen molar-refractivity contribution in [1.29, 1.82) is 0 Å². The molecular weight excluding hydrogens is 540 g/mol. The van der Waals surface area contributed by atoms with Gasteiger partial charge in [0.1, 0.15) is 16.9 Å². The van der Waals surface area contributed by atoms with Crippen molar-refractivity contribution in [2.45, 2.75) is 54.0 Å². The Kier molecular flexibility index (Phi) is 9.95. The molecule has 0 aliphatic heterocycles. The van der Waals surface area contributed by atoms with Crippen LogP contribution in [0.25, 0.3) is 16.7 Å². The van der Waals surface area contributed by atoms with Gasteiger partial charge in [-0.25, -0.2) is 9.78 Å². The average molecular weight is 577 g/mol. The van der Waals surface area contributed by atoms with Gasteiger partial charge in [0.25, 0.3) is 11.5 Å². The average Bonchev–Trinajstić information content (AvgIpc) is 2.98. The fourth-order valence-corrected chi connectivity index (χ4v) is 4.56. The molecule has 0 spiro atoms. The highest BCUT2D eigenvalue weighted by atomic mass is 16.5. The molecule has 0 fully saturated rings. The van der Waals surface area contributed by atoms with Gasteiger partial charge < -0.3 is 23.5 Å². The van der Waals surface area contributed by atoms with Gasteiger partial charge in [-0.1, -0.05) is 19.4 Å². The quantitative estimate of drug-likeness (QED) is 0.178. The van der Waals surface area contributed by atoms with Crippen molar-refractivity contribution < 1.29 is 28.5 Å². The maximum atomic E-state index is 13.8. The Hall–Kier alpha value is -4.67. The second-order valence-corrected chi connectivity index (χ2v) is 9.21. The molecule has 4 rings (SSSR count). The smallest absolute Gasteiger partial charge is 0.341 e. The lowest BCUT2D eigenvalue weighted by molar-refractivity contribution is 0.0523. The fraction of sp³-hybridized carbons (Fsp3) is 0.387. The van der Waals surface area contributed by atoms with E-state index in [1.807, 2.05) is 27.7 Å². The third kappa shape index (κ3) is 6.14. The first kappa shape index (κ1) is 30.3. The van der Waals surface area contributed by atoms with Gasteiger partial charge in [0.15, 0.2) is 17.0 Å². The molecule has 42 heavy (non-hydrogen) atoms. The lowest BCUT2D eigenvalue weighted by atomic mass is 10.1. The topological polar surface area (TPSA) is 123 Å². The summed E-state index contributed by atoms with van der Waals surface area (Å²) in [7, 11) is 0. The zero-order valence-electron chi connectivity index (χ0n) is 24.6. The van der Waals surface area contributed by atoms with Gasteiger partial charge in [0.2, 0.25) is 5.75 Å². The van der Waals surface area contributed by atoms with E-state index in [2.05, 4.69) is 4.99 Å². The molecule has 11 nitrogen and oxygen atoms in total. The van der Waals surface area contributed by atoms with E-state index in [-0.39, 0.29) is 34.2 Å². The van der Waals surface area contributed by atoms with Crippen molar-refractivity contribution in [2.75, 3.05) is 26.4 Å². The number of ether oxygens (including phenoxy) is 4. The number of aromatic nitrogens is 3. The van der Waals surface area contributed by atoms with Crippen molar-refractivity contribution in [3.05, 3.63) is 69.6 Å². The van der Waals surface area contributed by atoms with Crippen LogP contribution in [0.4, 0.5) is 0 Å². The second-order valence-electron chi connectivity index (χ2n) is 9.21. The molecule has 0 N–H and O–H groups in total. The Bertz CT molecular complexity index is 1710. The summed E-state index contributed by atoms with van der Waals surface area (Å²) in [4.78, 5) is 49.7. The Morgan fingerprint density at radius 2 is 1.60 bits per heavy atom. The van der Waals surface area contributed by atoms with Crippen molar-refractivity contribution in [1.82, 2.24) is 14.0 Å². The van der Waals surface area contributed by atoms with Crippen LogP contribution in [0.15, 0.2) is 52.4 Å². The molecule has 1 aromatic carbocycles. The minimum atomic E-state index is -0.703. The van der Waals surface area contributed by atoms with Crippen LogP contribution < -0.4 is 25.3 Å². The lowest BCUT2D eigenvalue weighted by Crippen LogP contribution is -2.33. The first-order chi connectivity index (χ1) is 20.4. The molecule has 3 aromatic heterocycles. The number of pyridine rings is 2. The third-order valence-electron chi connectivity index (χ3n) is 6.38. The summed E-state index contributed by atoms with van der Waals surface area (Å²) in [5, 5.41) is 0.211. The van der Waals surface area contributed by atoms with E-state index in [4.69, 9.17) is 23.9 Å². The maximum absolute atomic E-state index is 13.8. The highest BCUT2D eigenvalue weighted by Gasteiger charge is 2.22. The monoisotopic (exact) mass is 576 g/mol. The molecular formula is C31H36N4O7. The molecule has 0 saturated heterocycles. The number of carbonyl (C=O) groups is 2. The van der Waals surface area contributed by atoms with Crippen LogP contribution in [-0.2, 0) is 11.3 Å². The largest absolute Gasteiger partial charge is 0.490 e. The van der Waals surface area contributed by atoms with Crippen LogP contribution in [0.1, 0.15) is 68.2 Å². The van der Waals surface area contributed by atoms with Crippen LogP contribution in [0, 0.1) is 0 Å². The Balaban J connectivity index is 2.05. The summed E-state index contributed by atoms with van der Waals surface area (Å²) < 4.78 is 25.7. The van der Waals surface area contributed by atoms with Gasteiger partial charge >= 0.3 is 5.97 Å².